The van der Waals surface area contributed by atoms with Crippen LogP contribution in [0.4, 0.5) is 10.6 Å². The van der Waals surface area contributed by atoms with Crippen molar-refractivity contribution < 1.29 is 4.79 Å². The fourth-order valence-corrected chi connectivity index (χ4v) is 2.88. The number of unbranched alkanes of at least 4 members (excludes halogenated alkanes) is 1. The van der Waals surface area contributed by atoms with E-state index in [9.17, 15) is 4.79 Å². The van der Waals surface area contributed by atoms with Gasteiger partial charge in [0.1, 0.15) is 5.82 Å². The Bertz CT molecular complexity index is 942. The van der Waals surface area contributed by atoms with Gasteiger partial charge in [0.25, 0.3) is 0 Å². The molecule has 0 bridgehead atoms. The Morgan fingerprint density at radius 1 is 1.11 bits per heavy atom. The quantitative estimate of drug-likeness (QED) is 0.581. The van der Waals surface area contributed by atoms with E-state index in [4.69, 9.17) is 0 Å². The molecule has 0 aliphatic carbocycles. The lowest BCUT2D eigenvalue weighted by atomic mass is 10.1. The van der Waals surface area contributed by atoms with Crippen molar-refractivity contribution in [2.75, 3.05) is 18.4 Å². The van der Waals surface area contributed by atoms with Crippen LogP contribution in [0, 0.1) is 6.92 Å². The topological polar surface area (TPSA) is 96.2 Å². The smallest absolute Gasteiger partial charge is 0.315 e. The maximum absolute atomic E-state index is 11.7. The minimum absolute atomic E-state index is 0.132. The lowest BCUT2D eigenvalue weighted by molar-refractivity contribution is 0.232. The molecule has 0 atom stereocenters. The molecule has 8 nitrogen and oxygen atoms in total. The van der Waals surface area contributed by atoms with Crippen molar-refractivity contribution in [1.29, 1.82) is 0 Å². The van der Waals surface area contributed by atoms with E-state index in [0.717, 1.165) is 47.7 Å². The highest BCUT2D eigenvalue weighted by molar-refractivity contribution is 5.82. The van der Waals surface area contributed by atoms with Crippen molar-refractivity contribution in [3.63, 3.8) is 0 Å². The van der Waals surface area contributed by atoms with Crippen LogP contribution in [0.2, 0.25) is 0 Å². The van der Waals surface area contributed by atoms with Gasteiger partial charge in [0.05, 0.1) is 11.0 Å². The summed E-state index contributed by atoms with van der Waals surface area (Å²) >= 11 is 0. The molecule has 3 N–H and O–H groups in total. The van der Waals surface area contributed by atoms with E-state index in [-0.39, 0.29) is 11.6 Å². The van der Waals surface area contributed by atoms with Crippen LogP contribution in [-0.2, 0) is 0 Å². The number of fused-ring (bicyclic) bond motifs is 3. The largest absolute Gasteiger partial charge is 0.367 e. The number of benzene rings is 1. The van der Waals surface area contributed by atoms with Gasteiger partial charge in [-0.15, -0.1) is 10.2 Å². The number of nitrogens with one attached hydrogen (secondary N) is 3. The average Bonchev–Trinajstić information content (AvgIpc) is 2.99. The van der Waals surface area contributed by atoms with Crippen LogP contribution in [0.1, 0.15) is 39.4 Å². The van der Waals surface area contributed by atoms with Gasteiger partial charge in [0.2, 0.25) is 5.65 Å². The van der Waals surface area contributed by atoms with Crippen molar-refractivity contribution in [3.05, 3.63) is 30.1 Å². The van der Waals surface area contributed by atoms with Crippen molar-refractivity contribution in [2.45, 2.75) is 46.1 Å². The predicted octanol–water partition coefficient (Wildman–Crippen LogP) is 2.88. The molecule has 27 heavy (non-hydrogen) atoms. The number of aryl methyl sites for hydroxylation is 1. The SMILES string of the molecule is Cc1nnc2c(NCCCCNC(=O)NC(C)(C)C)nc3ccccc3n12. The van der Waals surface area contributed by atoms with Crippen LogP contribution in [0.15, 0.2) is 24.3 Å². The Labute approximate surface area is 158 Å². The number of nitrogens with zero attached hydrogens (tertiary/aromatic N) is 4. The van der Waals surface area contributed by atoms with Crippen LogP contribution in [0.3, 0.4) is 0 Å². The molecule has 8 heteroatoms. The van der Waals surface area contributed by atoms with Crippen molar-refractivity contribution in [2.24, 2.45) is 0 Å². The summed E-state index contributed by atoms with van der Waals surface area (Å²) < 4.78 is 2.02. The number of aromatic nitrogens is 4. The van der Waals surface area contributed by atoms with Gasteiger partial charge < -0.3 is 16.0 Å². The highest BCUT2D eigenvalue weighted by Crippen LogP contribution is 2.21. The maximum Gasteiger partial charge on any atom is 0.315 e. The molecule has 0 radical (unpaired) electrons. The summed E-state index contributed by atoms with van der Waals surface area (Å²) in [6.45, 7) is 9.19. The minimum Gasteiger partial charge on any atom is -0.367 e. The van der Waals surface area contributed by atoms with Gasteiger partial charge in [0, 0.05) is 18.6 Å². The van der Waals surface area contributed by atoms with Gasteiger partial charge in [-0.3, -0.25) is 4.40 Å². The predicted molar refractivity (Wildman–Crippen MR) is 107 cm³/mol. The first-order chi connectivity index (χ1) is 12.8. The second kappa shape index (κ2) is 7.77. The van der Waals surface area contributed by atoms with Gasteiger partial charge in [-0.1, -0.05) is 12.1 Å². The number of anilines is 1. The van der Waals surface area contributed by atoms with Crippen LogP contribution in [-0.4, -0.2) is 44.2 Å². The van der Waals surface area contributed by atoms with Crippen LogP contribution in [0.5, 0.6) is 0 Å². The van der Waals surface area contributed by atoms with E-state index in [2.05, 4.69) is 31.1 Å². The van der Waals surface area contributed by atoms with Gasteiger partial charge in [-0.05, 0) is 52.7 Å². The summed E-state index contributed by atoms with van der Waals surface area (Å²) in [7, 11) is 0. The highest BCUT2D eigenvalue weighted by Gasteiger charge is 2.13. The Hall–Kier alpha value is -2.90. The van der Waals surface area contributed by atoms with E-state index in [1.807, 2.05) is 56.4 Å². The molecule has 2 amide bonds. The third-order valence-electron chi connectivity index (χ3n) is 4.06. The highest BCUT2D eigenvalue weighted by atomic mass is 16.2. The van der Waals surface area contributed by atoms with Crippen LogP contribution >= 0.6 is 0 Å². The molecule has 2 aromatic heterocycles. The summed E-state index contributed by atoms with van der Waals surface area (Å²) in [6.07, 6.45) is 1.78. The number of hydrogen-bond acceptors (Lipinski definition) is 5. The molecule has 144 valence electrons. The van der Waals surface area contributed by atoms with Crippen LogP contribution < -0.4 is 16.0 Å². The second-order valence-electron chi connectivity index (χ2n) is 7.62. The first kappa shape index (κ1) is 18.9. The Morgan fingerprint density at radius 2 is 1.85 bits per heavy atom. The van der Waals surface area contributed by atoms with E-state index in [1.54, 1.807) is 0 Å². The number of para-hydroxylation sites is 2. The fourth-order valence-electron chi connectivity index (χ4n) is 2.88. The molecule has 3 aromatic rings. The molecule has 0 fully saturated rings. The normalized spacial score (nSPS) is 11.7. The molecule has 0 saturated carbocycles. The second-order valence-corrected chi connectivity index (χ2v) is 7.62. The lowest BCUT2D eigenvalue weighted by Gasteiger charge is -2.20. The Balaban J connectivity index is 1.56. The number of amides is 2. The summed E-state index contributed by atoms with van der Waals surface area (Å²) in [5.41, 5.74) is 2.40. The summed E-state index contributed by atoms with van der Waals surface area (Å²) in [5, 5.41) is 17.6. The monoisotopic (exact) mass is 369 g/mol. The Kier molecular flexibility index (Phi) is 5.43. The van der Waals surface area contributed by atoms with E-state index in [1.165, 1.54) is 0 Å². The molecule has 0 aliphatic rings. The zero-order valence-electron chi connectivity index (χ0n) is 16.3. The van der Waals surface area contributed by atoms with Gasteiger partial charge in [0.15, 0.2) is 5.82 Å². The molecule has 0 unspecified atom stereocenters. The molecule has 0 spiro atoms. The number of carbonyl (C=O) groups excluding carboxylic acids is 1. The van der Waals surface area contributed by atoms with Gasteiger partial charge >= 0.3 is 6.03 Å². The Morgan fingerprint density at radius 3 is 2.63 bits per heavy atom. The van der Waals surface area contributed by atoms with Crippen molar-refractivity contribution in [3.8, 4) is 0 Å². The summed E-state index contributed by atoms with van der Waals surface area (Å²) in [6, 6.07) is 7.82. The minimum atomic E-state index is -0.227. The fraction of sp³-hybridized carbons (Fsp3) is 0.474. The van der Waals surface area contributed by atoms with E-state index < -0.39 is 0 Å². The summed E-state index contributed by atoms with van der Waals surface area (Å²) in [5.74, 6) is 1.56. The third kappa shape index (κ3) is 4.64. The first-order valence-electron chi connectivity index (χ1n) is 9.25. The zero-order chi connectivity index (χ0) is 19.4. The number of carbonyl (C=O) groups is 1. The first-order valence-corrected chi connectivity index (χ1v) is 9.25. The number of hydrogen-bond donors (Lipinski definition) is 3. The third-order valence-corrected chi connectivity index (χ3v) is 4.06. The van der Waals surface area contributed by atoms with Crippen molar-refractivity contribution in [1.82, 2.24) is 30.2 Å². The molecular formula is C19H27N7O. The van der Waals surface area contributed by atoms with Gasteiger partial charge in [-0.2, -0.15) is 0 Å². The zero-order valence-corrected chi connectivity index (χ0v) is 16.3. The molecular weight excluding hydrogens is 342 g/mol. The molecule has 3 rings (SSSR count). The van der Waals surface area contributed by atoms with Crippen LogP contribution in [0.25, 0.3) is 16.7 Å². The molecule has 0 aliphatic heterocycles. The standard InChI is InChI=1S/C19H27N7O/c1-13-24-25-17-16(22-14-9-5-6-10-15(14)26(13)17)20-11-7-8-12-21-18(27)23-19(2,3)4/h5-6,9-10H,7-8,11-12H2,1-4H3,(H,20,22)(H2,21,23,27). The average molecular weight is 369 g/mol. The van der Waals surface area contributed by atoms with Gasteiger partial charge in [-0.25, -0.2) is 9.78 Å². The van der Waals surface area contributed by atoms with E-state index in [0.29, 0.717) is 6.54 Å². The number of rotatable bonds is 6. The summed E-state index contributed by atoms with van der Waals surface area (Å²) in [4.78, 5) is 16.4. The lowest BCUT2D eigenvalue weighted by Crippen LogP contribution is -2.46. The molecule has 2 heterocycles. The van der Waals surface area contributed by atoms with Crippen molar-refractivity contribution >= 4 is 28.5 Å². The maximum atomic E-state index is 11.7. The number of urea groups is 1. The molecule has 0 saturated heterocycles. The molecule has 1 aromatic carbocycles. The van der Waals surface area contributed by atoms with E-state index >= 15 is 0 Å².